The molecule has 0 aliphatic heterocycles. The lowest BCUT2D eigenvalue weighted by Gasteiger charge is -2.17. The maximum atomic E-state index is 12.6. The van der Waals surface area contributed by atoms with Crippen LogP contribution in [0.25, 0.3) is 17.4 Å². The number of carbonyl (C=O) groups is 1. The zero-order valence-electron chi connectivity index (χ0n) is 17.5. The maximum absolute atomic E-state index is 12.6. The zero-order valence-corrected chi connectivity index (χ0v) is 18.4. The Kier molecular flexibility index (Phi) is 7.95. The van der Waals surface area contributed by atoms with Crippen LogP contribution in [-0.2, 0) is 24.6 Å². The van der Waals surface area contributed by atoms with Crippen LogP contribution in [0.15, 0.2) is 71.4 Å². The smallest absolute Gasteiger partial charge is 0.335 e. The van der Waals surface area contributed by atoms with Gasteiger partial charge in [0.05, 0.1) is 25.6 Å². The maximum Gasteiger partial charge on any atom is 0.335 e. The van der Waals surface area contributed by atoms with E-state index >= 15 is 0 Å². The first-order valence-electron chi connectivity index (χ1n) is 9.99. The Bertz CT molecular complexity index is 1050. The largest absolute Gasteiger partial charge is 0.356 e. The number of nitrogens with one attached hydrogen (secondary N) is 1. The minimum absolute atomic E-state index is 0.179. The third-order valence-corrected chi connectivity index (χ3v) is 6.35. The number of hydrogen-bond donors (Lipinski definition) is 1. The molecule has 0 aliphatic carbocycles. The minimum atomic E-state index is -3.17. The number of hydrogen-bond acceptors (Lipinski definition) is 6. The van der Waals surface area contributed by atoms with Crippen molar-refractivity contribution in [3.05, 3.63) is 78.0 Å². The predicted molar refractivity (Wildman–Crippen MR) is 121 cm³/mol. The highest BCUT2D eigenvalue weighted by Gasteiger charge is 2.23. The normalized spacial score (nSPS) is 11.7. The fraction of sp³-hybridized carbons (Fsp3) is 0.217. The minimum Gasteiger partial charge on any atom is -0.356 e. The lowest BCUT2D eigenvalue weighted by molar-refractivity contribution is -0.111. The number of amides is 1. The van der Waals surface area contributed by atoms with Gasteiger partial charge in [0.1, 0.15) is 0 Å². The highest BCUT2D eigenvalue weighted by Crippen LogP contribution is 2.51. The number of carbonyl (C=O) groups excluding carboxylic acids is 1. The topological polar surface area (TPSA) is 90.7 Å². The molecule has 3 aromatic rings. The number of anilines is 1. The van der Waals surface area contributed by atoms with Crippen molar-refractivity contribution in [2.75, 3.05) is 18.5 Å². The van der Waals surface area contributed by atoms with Gasteiger partial charge in [0.25, 0.3) is 0 Å². The molecule has 0 radical (unpaired) electrons. The predicted octanol–water partition coefficient (Wildman–Crippen LogP) is 5.76. The van der Waals surface area contributed by atoms with Gasteiger partial charge >= 0.3 is 7.60 Å². The Morgan fingerprint density at radius 1 is 1.06 bits per heavy atom. The monoisotopic (exact) mass is 440 g/mol. The van der Waals surface area contributed by atoms with Crippen molar-refractivity contribution in [1.29, 1.82) is 0 Å². The van der Waals surface area contributed by atoms with Crippen LogP contribution in [0.1, 0.15) is 25.0 Å². The van der Waals surface area contributed by atoms with Crippen LogP contribution >= 0.6 is 7.60 Å². The summed E-state index contributed by atoms with van der Waals surface area (Å²) in [5.74, 6) is 0.310. The number of benzene rings is 2. The van der Waals surface area contributed by atoms with Crippen molar-refractivity contribution in [3.8, 4) is 11.3 Å². The molecule has 2 aromatic carbocycles. The van der Waals surface area contributed by atoms with E-state index in [1.165, 1.54) is 6.08 Å². The molecule has 0 saturated heterocycles. The van der Waals surface area contributed by atoms with E-state index < -0.39 is 7.60 Å². The van der Waals surface area contributed by atoms with Gasteiger partial charge in [0, 0.05) is 22.9 Å². The first kappa shape index (κ1) is 22.7. The Morgan fingerprint density at radius 2 is 1.74 bits per heavy atom. The van der Waals surface area contributed by atoms with E-state index in [-0.39, 0.29) is 12.1 Å². The Hall–Kier alpha value is -2.99. The summed E-state index contributed by atoms with van der Waals surface area (Å²) in [6.45, 7) is 4.19. The van der Waals surface area contributed by atoms with Crippen molar-refractivity contribution in [1.82, 2.24) is 5.16 Å². The van der Waals surface area contributed by atoms with Crippen molar-refractivity contribution in [2.45, 2.75) is 20.0 Å². The van der Waals surface area contributed by atoms with Crippen molar-refractivity contribution in [3.63, 3.8) is 0 Å². The second-order valence-electron chi connectivity index (χ2n) is 6.60. The summed E-state index contributed by atoms with van der Waals surface area (Å²) >= 11 is 0. The number of rotatable bonds is 10. The summed E-state index contributed by atoms with van der Waals surface area (Å²) in [5.41, 5.74) is 3.01. The molecule has 0 fully saturated rings. The third-order valence-electron chi connectivity index (χ3n) is 4.30. The van der Waals surface area contributed by atoms with E-state index in [0.717, 1.165) is 11.1 Å². The molecule has 3 rings (SSSR count). The third kappa shape index (κ3) is 6.49. The van der Waals surface area contributed by atoms with Crippen LogP contribution < -0.4 is 5.32 Å². The molecule has 0 aliphatic rings. The molecule has 0 atom stereocenters. The molecule has 0 unspecified atom stereocenters. The number of nitrogens with zero attached hydrogens (tertiary/aromatic N) is 1. The molecule has 8 heteroatoms. The van der Waals surface area contributed by atoms with E-state index in [1.807, 2.05) is 30.3 Å². The molecule has 0 spiro atoms. The van der Waals surface area contributed by atoms with Crippen LogP contribution in [0.3, 0.4) is 0 Å². The van der Waals surface area contributed by atoms with Gasteiger partial charge in [-0.15, -0.1) is 0 Å². The Balaban J connectivity index is 1.62. The standard InChI is InChI=1S/C23H25N2O5P/c1-3-28-31(27,29-4-2)17-18-10-13-21(14-11-18)25-22(26)15-12-20-16-24-30-23(20)19-8-6-5-7-9-19/h5-16H,3-4,17H2,1-2H3,(H,25,26). The van der Waals surface area contributed by atoms with Gasteiger partial charge in [-0.25, -0.2) is 0 Å². The molecular weight excluding hydrogens is 415 g/mol. The molecular formula is C23H25N2O5P. The summed E-state index contributed by atoms with van der Waals surface area (Å²) in [4.78, 5) is 12.3. The van der Waals surface area contributed by atoms with Crippen LogP contribution in [-0.4, -0.2) is 24.3 Å². The van der Waals surface area contributed by atoms with Crippen LogP contribution in [0, 0.1) is 0 Å². The second kappa shape index (κ2) is 10.9. The molecule has 1 N–H and O–H groups in total. The van der Waals surface area contributed by atoms with Crippen molar-refractivity contribution < 1.29 is 22.9 Å². The van der Waals surface area contributed by atoms with E-state index in [1.54, 1.807) is 50.4 Å². The van der Waals surface area contributed by atoms with Crippen LogP contribution in [0.5, 0.6) is 0 Å². The molecule has 7 nitrogen and oxygen atoms in total. The summed E-state index contributed by atoms with van der Waals surface area (Å²) in [5, 5.41) is 6.62. The summed E-state index contributed by atoms with van der Waals surface area (Å²) < 4.78 is 28.6. The van der Waals surface area contributed by atoms with Gasteiger partial charge in [-0.05, 0) is 37.6 Å². The fourth-order valence-corrected chi connectivity index (χ4v) is 4.67. The lowest BCUT2D eigenvalue weighted by Crippen LogP contribution is -2.07. The molecule has 1 aromatic heterocycles. The second-order valence-corrected chi connectivity index (χ2v) is 8.65. The van der Waals surface area contributed by atoms with Gasteiger partial charge in [0.2, 0.25) is 5.91 Å². The SMILES string of the molecule is CCOP(=O)(Cc1ccc(NC(=O)C=Cc2cnoc2-c2ccccc2)cc1)OCC. The molecule has 0 saturated carbocycles. The van der Waals surface area contributed by atoms with E-state index in [9.17, 15) is 9.36 Å². The molecule has 31 heavy (non-hydrogen) atoms. The molecule has 0 bridgehead atoms. The lowest BCUT2D eigenvalue weighted by atomic mass is 10.1. The van der Waals surface area contributed by atoms with Gasteiger partial charge in [-0.1, -0.05) is 47.6 Å². The first-order valence-corrected chi connectivity index (χ1v) is 11.7. The zero-order chi connectivity index (χ0) is 22.1. The molecule has 1 heterocycles. The van der Waals surface area contributed by atoms with E-state index in [4.69, 9.17) is 13.6 Å². The van der Waals surface area contributed by atoms with Gasteiger partial charge in [0.15, 0.2) is 5.76 Å². The van der Waals surface area contributed by atoms with Crippen LogP contribution in [0.4, 0.5) is 5.69 Å². The Morgan fingerprint density at radius 3 is 2.39 bits per heavy atom. The highest BCUT2D eigenvalue weighted by molar-refractivity contribution is 7.53. The van der Waals surface area contributed by atoms with E-state index in [2.05, 4.69) is 10.5 Å². The summed E-state index contributed by atoms with van der Waals surface area (Å²) in [6.07, 6.45) is 4.82. The van der Waals surface area contributed by atoms with Crippen molar-refractivity contribution >= 4 is 25.3 Å². The van der Waals surface area contributed by atoms with Gasteiger partial charge < -0.3 is 18.9 Å². The summed E-state index contributed by atoms with van der Waals surface area (Å²) in [7, 11) is -3.17. The molecule has 162 valence electrons. The average Bonchev–Trinajstić information content (AvgIpc) is 3.23. The fourth-order valence-electron chi connectivity index (χ4n) is 2.96. The average molecular weight is 440 g/mol. The molecule has 1 amide bonds. The quantitative estimate of drug-likeness (QED) is 0.318. The highest BCUT2D eigenvalue weighted by atomic mass is 31.2. The first-order chi connectivity index (χ1) is 15.0. The number of aromatic nitrogens is 1. The summed E-state index contributed by atoms with van der Waals surface area (Å²) in [6, 6.07) is 16.6. The van der Waals surface area contributed by atoms with Gasteiger partial charge in [-0.3, -0.25) is 9.36 Å². The Labute approximate surface area is 181 Å². The van der Waals surface area contributed by atoms with E-state index in [0.29, 0.717) is 30.2 Å². The van der Waals surface area contributed by atoms with Gasteiger partial charge in [-0.2, -0.15) is 0 Å². The van der Waals surface area contributed by atoms with Crippen LogP contribution in [0.2, 0.25) is 0 Å². The van der Waals surface area contributed by atoms with Crippen molar-refractivity contribution in [2.24, 2.45) is 0 Å².